The topological polar surface area (TPSA) is 30.0 Å². The average Bonchev–Trinajstić information content (AvgIpc) is 2.08. The van der Waals surface area contributed by atoms with Gasteiger partial charge in [0.25, 0.3) is 0 Å². The van der Waals surface area contributed by atoms with Crippen molar-refractivity contribution in [2.24, 2.45) is 5.92 Å². The lowest BCUT2D eigenvalue weighted by atomic mass is 10.0. The second-order valence-electron chi connectivity index (χ2n) is 3.01. The van der Waals surface area contributed by atoms with Crippen LogP contribution in [0.3, 0.4) is 0 Å². The normalized spacial score (nSPS) is 10.5. The van der Waals surface area contributed by atoms with Crippen molar-refractivity contribution in [1.29, 1.82) is 0 Å². The van der Waals surface area contributed by atoms with Crippen molar-refractivity contribution in [2.75, 3.05) is 0 Å². The van der Waals surface area contributed by atoms with Gasteiger partial charge >= 0.3 is 0 Å². The number of carbonyl (C=O) groups is 1. The standard InChI is InChI=1S/C9H9Cl2NO/c1-5(2)8(13)7-3-6(10)4-12-9(7)11/h3-5H,1-2H3. The number of aromatic nitrogens is 1. The largest absolute Gasteiger partial charge is 0.294 e. The summed E-state index contributed by atoms with van der Waals surface area (Å²) in [7, 11) is 0. The highest BCUT2D eigenvalue weighted by Crippen LogP contribution is 2.20. The zero-order valence-electron chi connectivity index (χ0n) is 7.34. The van der Waals surface area contributed by atoms with Crippen molar-refractivity contribution in [3.05, 3.63) is 28.0 Å². The molecular formula is C9H9Cl2NO. The van der Waals surface area contributed by atoms with E-state index < -0.39 is 0 Å². The molecule has 0 aliphatic heterocycles. The van der Waals surface area contributed by atoms with Crippen LogP contribution in [0.15, 0.2) is 12.3 Å². The summed E-state index contributed by atoms with van der Waals surface area (Å²) in [5.74, 6) is -0.141. The molecule has 0 amide bonds. The van der Waals surface area contributed by atoms with Gasteiger partial charge in [0.1, 0.15) is 5.15 Å². The van der Waals surface area contributed by atoms with E-state index in [1.54, 1.807) is 19.9 Å². The molecule has 0 unspecified atom stereocenters. The molecule has 1 aromatic heterocycles. The maximum absolute atomic E-state index is 11.5. The summed E-state index contributed by atoms with van der Waals surface area (Å²) in [5, 5.41) is 0.636. The first-order valence-electron chi connectivity index (χ1n) is 3.87. The Hall–Kier alpha value is -0.600. The van der Waals surface area contributed by atoms with Crippen LogP contribution in [0.25, 0.3) is 0 Å². The lowest BCUT2D eigenvalue weighted by Gasteiger charge is -2.05. The summed E-state index contributed by atoms with van der Waals surface area (Å²) < 4.78 is 0. The molecule has 0 atom stereocenters. The van der Waals surface area contributed by atoms with Gasteiger partial charge in [0, 0.05) is 12.1 Å². The highest BCUT2D eigenvalue weighted by Gasteiger charge is 2.15. The highest BCUT2D eigenvalue weighted by molar-refractivity contribution is 6.34. The second-order valence-corrected chi connectivity index (χ2v) is 3.81. The lowest BCUT2D eigenvalue weighted by Crippen LogP contribution is -2.08. The minimum absolute atomic E-state index is 0.0417. The van der Waals surface area contributed by atoms with Gasteiger partial charge in [-0.25, -0.2) is 4.98 Å². The third kappa shape index (κ3) is 2.42. The molecule has 0 spiro atoms. The Bertz CT molecular complexity index is 336. The second kappa shape index (κ2) is 4.07. The highest BCUT2D eigenvalue weighted by atomic mass is 35.5. The van der Waals surface area contributed by atoms with Crippen molar-refractivity contribution in [2.45, 2.75) is 13.8 Å². The Balaban J connectivity index is 3.13. The van der Waals surface area contributed by atoms with E-state index in [0.29, 0.717) is 10.6 Å². The molecular weight excluding hydrogens is 209 g/mol. The molecule has 1 aromatic rings. The minimum Gasteiger partial charge on any atom is -0.294 e. The van der Waals surface area contributed by atoms with Crippen LogP contribution in [0, 0.1) is 5.92 Å². The van der Waals surface area contributed by atoms with Gasteiger partial charge in [0.05, 0.1) is 10.6 Å². The Labute approximate surface area is 86.9 Å². The van der Waals surface area contributed by atoms with Crippen LogP contribution in [-0.2, 0) is 0 Å². The monoisotopic (exact) mass is 217 g/mol. The van der Waals surface area contributed by atoms with Gasteiger partial charge in [0.2, 0.25) is 0 Å². The molecule has 0 aliphatic rings. The fourth-order valence-electron chi connectivity index (χ4n) is 0.906. The van der Waals surface area contributed by atoms with Crippen LogP contribution in [0.4, 0.5) is 0 Å². The summed E-state index contributed by atoms with van der Waals surface area (Å²) in [6, 6.07) is 1.54. The van der Waals surface area contributed by atoms with Crippen LogP contribution in [-0.4, -0.2) is 10.8 Å². The molecule has 1 heterocycles. The molecule has 0 saturated heterocycles. The summed E-state index contributed by atoms with van der Waals surface area (Å²) in [6.07, 6.45) is 1.42. The van der Waals surface area contributed by atoms with E-state index in [1.165, 1.54) is 6.20 Å². The number of nitrogens with zero attached hydrogens (tertiary/aromatic N) is 1. The van der Waals surface area contributed by atoms with Crippen LogP contribution < -0.4 is 0 Å². The number of ketones is 1. The van der Waals surface area contributed by atoms with E-state index in [1.807, 2.05) is 0 Å². The molecule has 0 fully saturated rings. The summed E-state index contributed by atoms with van der Waals surface area (Å²) in [5.41, 5.74) is 0.393. The molecule has 0 bridgehead atoms. The molecule has 2 nitrogen and oxygen atoms in total. The number of rotatable bonds is 2. The molecule has 0 radical (unpaired) electrons. The first kappa shape index (κ1) is 10.5. The van der Waals surface area contributed by atoms with Gasteiger partial charge in [-0.1, -0.05) is 37.0 Å². The zero-order valence-corrected chi connectivity index (χ0v) is 8.86. The van der Waals surface area contributed by atoms with Crippen molar-refractivity contribution in [3.63, 3.8) is 0 Å². The third-order valence-electron chi connectivity index (χ3n) is 1.60. The van der Waals surface area contributed by atoms with E-state index in [2.05, 4.69) is 4.98 Å². The summed E-state index contributed by atoms with van der Waals surface area (Å²) in [4.78, 5) is 15.3. The first-order chi connectivity index (χ1) is 6.02. The van der Waals surface area contributed by atoms with E-state index in [9.17, 15) is 4.79 Å². The Kier molecular flexibility index (Phi) is 3.28. The smallest absolute Gasteiger partial charge is 0.168 e. The molecule has 70 valence electrons. The number of pyridine rings is 1. The quantitative estimate of drug-likeness (QED) is 0.563. The van der Waals surface area contributed by atoms with E-state index in [0.717, 1.165) is 0 Å². The number of carbonyl (C=O) groups excluding carboxylic acids is 1. The Morgan fingerprint density at radius 3 is 2.62 bits per heavy atom. The first-order valence-corrected chi connectivity index (χ1v) is 4.63. The Morgan fingerprint density at radius 2 is 2.08 bits per heavy atom. The van der Waals surface area contributed by atoms with Gasteiger partial charge in [-0.05, 0) is 6.07 Å². The number of Topliss-reactive ketones (excluding diaryl/α,β-unsaturated/α-hetero) is 1. The number of halogens is 2. The van der Waals surface area contributed by atoms with Crippen molar-refractivity contribution in [1.82, 2.24) is 4.98 Å². The minimum atomic E-state index is -0.0993. The SMILES string of the molecule is CC(C)C(=O)c1cc(Cl)cnc1Cl. The van der Waals surface area contributed by atoms with Gasteiger partial charge in [-0.2, -0.15) is 0 Å². The number of hydrogen-bond acceptors (Lipinski definition) is 2. The molecule has 0 aromatic carbocycles. The molecule has 1 rings (SSSR count). The average molecular weight is 218 g/mol. The molecule has 4 heteroatoms. The van der Waals surface area contributed by atoms with Crippen LogP contribution in [0.1, 0.15) is 24.2 Å². The van der Waals surface area contributed by atoms with Crippen LogP contribution >= 0.6 is 23.2 Å². The van der Waals surface area contributed by atoms with Gasteiger partial charge in [-0.3, -0.25) is 4.79 Å². The molecule has 0 aliphatic carbocycles. The molecule has 13 heavy (non-hydrogen) atoms. The van der Waals surface area contributed by atoms with Crippen LogP contribution in [0.5, 0.6) is 0 Å². The summed E-state index contributed by atoms with van der Waals surface area (Å²) >= 11 is 11.4. The predicted octanol–water partition coefficient (Wildman–Crippen LogP) is 3.23. The molecule has 0 N–H and O–H groups in total. The summed E-state index contributed by atoms with van der Waals surface area (Å²) in [6.45, 7) is 3.61. The lowest BCUT2D eigenvalue weighted by molar-refractivity contribution is 0.0939. The van der Waals surface area contributed by atoms with E-state index in [4.69, 9.17) is 23.2 Å². The Morgan fingerprint density at radius 1 is 1.46 bits per heavy atom. The fraction of sp³-hybridized carbons (Fsp3) is 0.333. The van der Waals surface area contributed by atoms with E-state index in [-0.39, 0.29) is 16.9 Å². The maximum Gasteiger partial charge on any atom is 0.168 e. The fourth-order valence-corrected chi connectivity index (χ4v) is 1.26. The number of hydrogen-bond donors (Lipinski definition) is 0. The molecule has 0 saturated carbocycles. The van der Waals surface area contributed by atoms with Gasteiger partial charge < -0.3 is 0 Å². The van der Waals surface area contributed by atoms with Crippen molar-refractivity contribution >= 4 is 29.0 Å². The van der Waals surface area contributed by atoms with Gasteiger partial charge in [-0.15, -0.1) is 0 Å². The zero-order chi connectivity index (χ0) is 10.0. The van der Waals surface area contributed by atoms with E-state index >= 15 is 0 Å². The van der Waals surface area contributed by atoms with Gasteiger partial charge in [0.15, 0.2) is 5.78 Å². The van der Waals surface area contributed by atoms with Crippen molar-refractivity contribution < 1.29 is 4.79 Å². The maximum atomic E-state index is 11.5. The van der Waals surface area contributed by atoms with Crippen LogP contribution in [0.2, 0.25) is 10.2 Å². The third-order valence-corrected chi connectivity index (χ3v) is 2.10. The predicted molar refractivity (Wildman–Crippen MR) is 53.4 cm³/mol. The van der Waals surface area contributed by atoms with Crippen molar-refractivity contribution in [3.8, 4) is 0 Å².